The van der Waals surface area contributed by atoms with Crippen molar-refractivity contribution in [1.29, 1.82) is 0 Å². The number of hydrogen-bond donors (Lipinski definition) is 1. The zero-order valence-electron chi connectivity index (χ0n) is 15.3. The predicted molar refractivity (Wildman–Crippen MR) is 99.3 cm³/mol. The van der Waals surface area contributed by atoms with E-state index >= 15 is 0 Å². The summed E-state index contributed by atoms with van der Waals surface area (Å²) in [6, 6.07) is 9.52. The highest BCUT2D eigenvalue weighted by atomic mass is 19.4. The van der Waals surface area contributed by atoms with Gasteiger partial charge in [-0.05, 0) is 36.4 Å². The Kier molecular flexibility index (Phi) is 4.52. The van der Waals surface area contributed by atoms with E-state index in [1.807, 2.05) is 0 Å². The second-order valence-electron chi connectivity index (χ2n) is 6.86. The molecule has 1 aliphatic rings. The van der Waals surface area contributed by atoms with Crippen LogP contribution in [0.25, 0.3) is 11.1 Å². The predicted octanol–water partition coefficient (Wildman–Crippen LogP) is 4.15. The second kappa shape index (κ2) is 6.91. The topological polar surface area (TPSA) is 75.4 Å². The number of aromatic nitrogens is 1. The van der Waals surface area contributed by atoms with Crippen LogP contribution in [0.2, 0.25) is 0 Å². The van der Waals surface area contributed by atoms with Gasteiger partial charge in [0, 0.05) is 31.3 Å². The van der Waals surface area contributed by atoms with E-state index in [1.54, 1.807) is 25.1 Å². The molecule has 0 unspecified atom stereocenters. The van der Waals surface area contributed by atoms with Gasteiger partial charge in [-0.3, -0.25) is 9.59 Å². The summed E-state index contributed by atoms with van der Waals surface area (Å²) < 4.78 is 44.2. The molecule has 1 fully saturated rings. The fourth-order valence-electron chi connectivity index (χ4n) is 3.35. The molecule has 1 saturated heterocycles. The molecule has 9 heteroatoms. The van der Waals surface area contributed by atoms with Gasteiger partial charge in [-0.1, -0.05) is 6.07 Å². The van der Waals surface area contributed by atoms with Crippen LogP contribution in [0.3, 0.4) is 0 Å². The number of oxazole rings is 1. The van der Waals surface area contributed by atoms with Gasteiger partial charge in [-0.15, -0.1) is 0 Å². The van der Waals surface area contributed by atoms with Crippen molar-refractivity contribution in [3.05, 3.63) is 53.9 Å². The van der Waals surface area contributed by atoms with Gasteiger partial charge in [0.15, 0.2) is 11.5 Å². The van der Waals surface area contributed by atoms with Crippen LogP contribution in [0.4, 0.5) is 24.5 Å². The molecule has 0 saturated carbocycles. The summed E-state index contributed by atoms with van der Waals surface area (Å²) in [6.07, 6.45) is -4.58. The quantitative estimate of drug-likeness (QED) is 0.713. The smallest absolute Gasteiger partial charge is 0.416 e. The zero-order valence-corrected chi connectivity index (χ0v) is 15.3. The third-order valence-corrected chi connectivity index (χ3v) is 4.74. The summed E-state index contributed by atoms with van der Waals surface area (Å²) in [7, 11) is 0. The van der Waals surface area contributed by atoms with Crippen molar-refractivity contribution in [1.82, 2.24) is 4.98 Å². The van der Waals surface area contributed by atoms with Crippen LogP contribution in [0.5, 0.6) is 0 Å². The van der Waals surface area contributed by atoms with Crippen LogP contribution in [-0.2, 0) is 15.8 Å². The van der Waals surface area contributed by atoms with Gasteiger partial charge < -0.3 is 14.6 Å². The Hall–Kier alpha value is -3.36. The van der Waals surface area contributed by atoms with Gasteiger partial charge in [0.1, 0.15) is 5.52 Å². The van der Waals surface area contributed by atoms with Crippen LogP contribution < -0.4 is 10.2 Å². The van der Waals surface area contributed by atoms with E-state index in [4.69, 9.17) is 4.42 Å². The van der Waals surface area contributed by atoms with Gasteiger partial charge in [0.2, 0.25) is 11.8 Å². The standard InChI is InChI=1S/C20H16F3N3O3/c1-11-24-16-9-14(5-6-17(16)29-11)25-19(28)12-7-18(27)26(10-12)15-4-2-3-13(8-15)20(21,22)23/h2-6,8-9,12H,7,10H2,1H3,(H,25,28)/t12-/m0/s1. The first-order chi connectivity index (χ1) is 13.7. The zero-order chi connectivity index (χ0) is 20.8. The number of carbonyl (C=O) groups excluding carboxylic acids is 2. The highest BCUT2D eigenvalue weighted by Crippen LogP contribution is 2.33. The number of alkyl halides is 3. The van der Waals surface area contributed by atoms with E-state index in [0.717, 1.165) is 12.1 Å². The third-order valence-electron chi connectivity index (χ3n) is 4.74. The first-order valence-corrected chi connectivity index (χ1v) is 8.86. The maximum absolute atomic E-state index is 12.9. The molecule has 2 amide bonds. The Morgan fingerprint density at radius 1 is 1.24 bits per heavy atom. The van der Waals surface area contributed by atoms with Gasteiger partial charge in [0.05, 0.1) is 11.5 Å². The van der Waals surface area contributed by atoms with Gasteiger partial charge in [-0.25, -0.2) is 4.98 Å². The fraction of sp³-hybridized carbons (Fsp3) is 0.250. The summed E-state index contributed by atoms with van der Waals surface area (Å²) >= 11 is 0. The van der Waals surface area contributed by atoms with Gasteiger partial charge in [0.25, 0.3) is 0 Å². The average Bonchev–Trinajstić information content (AvgIpc) is 3.22. The molecule has 2 aromatic carbocycles. The molecule has 0 radical (unpaired) electrons. The lowest BCUT2D eigenvalue weighted by Crippen LogP contribution is -2.28. The lowest BCUT2D eigenvalue weighted by molar-refractivity contribution is -0.137. The first kappa shape index (κ1) is 19.0. The molecule has 6 nitrogen and oxygen atoms in total. The van der Waals surface area contributed by atoms with Gasteiger partial charge >= 0.3 is 6.18 Å². The first-order valence-electron chi connectivity index (χ1n) is 8.86. The van der Waals surface area contributed by atoms with Crippen molar-refractivity contribution in [2.45, 2.75) is 19.5 Å². The SMILES string of the molecule is Cc1nc2cc(NC(=O)[C@H]3CC(=O)N(c4cccc(C(F)(F)F)c4)C3)ccc2o1. The fourth-order valence-corrected chi connectivity index (χ4v) is 3.35. The molecule has 3 aromatic rings. The average molecular weight is 403 g/mol. The molecule has 0 aliphatic carbocycles. The molecule has 1 aliphatic heterocycles. The van der Waals surface area contributed by atoms with E-state index in [0.29, 0.717) is 22.7 Å². The maximum atomic E-state index is 12.9. The van der Waals surface area contributed by atoms with E-state index in [2.05, 4.69) is 10.3 Å². The van der Waals surface area contributed by atoms with Crippen molar-refractivity contribution in [2.24, 2.45) is 5.92 Å². The molecule has 1 atom stereocenters. The minimum absolute atomic E-state index is 0.0112. The van der Waals surface area contributed by atoms with Crippen LogP contribution in [0, 0.1) is 12.8 Å². The molecule has 1 aromatic heterocycles. The number of anilines is 2. The number of aryl methyl sites for hydroxylation is 1. The number of fused-ring (bicyclic) bond motifs is 1. The Morgan fingerprint density at radius 2 is 2.03 bits per heavy atom. The lowest BCUT2D eigenvalue weighted by atomic mass is 10.1. The van der Waals surface area contributed by atoms with E-state index in [9.17, 15) is 22.8 Å². The van der Waals surface area contributed by atoms with Crippen LogP contribution in [0.15, 0.2) is 46.9 Å². The Morgan fingerprint density at radius 3 is 2.79 bits per heavy atom. The second-order valence-corrected chi connectivity index (χ2v) is 6.86. The molecule has 1 N–H and O–H groups in total. The summed E-state index contributed by atoms with van der Waals surface area (Å²) in [4.78, 5) is 30.3. The number of amides is 2. The summed E-state index contributed by atoms with van der Waals surface area (Å²) in [6.45, 7) is 1.72. The summed E-state index contributed by atoms with van der Waals surface area (Å²) in [5, 5.41) is 2.73. The van der Waals surface area contributed by atoms with Crippen molar-refractivity contribution in [2.75, 3.05) is 16.8 Å². The molecule has 2 heterocycles. The highest BCUT2D eigenvalue weighted by molar-refractivity contribution is 6.03. The van der Waals surface area contributed by atoms with Crippen molar-refractivity contribution >= 4 is 34.3 Å². The van der Waals surface area contributed by atoms with Crippen molar-refractivity contribution in [3.8, 4) is 0 Å². The number of nitrogens with one attached hydrogen (secondary N) is 1. The van der Waals surface area contributed by atoms with E-state index in [1.165, 1.54) is 17.0 Å². The lowest BCUT2D eigenvalue weighted by Gasteiger charge is -2.18. The van der Waals surface area contributed by atoms with Crippen LogP contribution >= 0.6 is 0 Å². The minimum Gasteiger partial charge on any atom is -0.441 e. The van der Waals surface area contributed by atoms with Gasteiger partial charge in [-0.2, -0.15) is 13.2 Å². The molecule has 0 bridgehead atoms. The molecule has 150 valence electrons. The van der Waals surface area contributed by atoms with E-state index in [-0.39, 0.29) is 24.6 Å². The number of carbonyl (C=O) groups is 2. The van der Waals surface area contributed by atoms with E-state index < -0.39 is 23.6 Å². The number of nitrogens with zero attached hydrogens (tertiary/aromatic N) is 2. The molecule has 0 spiro atoms. The number of rotatable bonds is 3. The third kappa shape index (κ3) is 3.80. The Labute approximate surface area is 163 Å². The molecule has 29 heavy (non-hydrogen) atoms. The largest absolute Gasteiger partial charge is 0.441 e. The van der Waals surface area contributed by atoms with Crippen molar-refractivity contribution in [3.63, 3.8) is 0 Å². The monoisotopic (exact) mass is 403 g/mol. The minimum atomic E-state index is -4.51. The maximum Gasteiger partial charge on any atom is 0.416 e. The van der Waals surface area contributed by atoms with Crippen molar-refractivity contribution < 1.29 is 27.2 Å². The molecular weight excluding hydrogens is 387 g/mol. The number of benzene rings is 2. The Bertz CT molecular complexity index is 1110. The summed E-state index contributed by atoms with van der Waals surface area (Å²) in [5.41, 5.74) is 0.966. The number of halogens is 3. The van der Waals surface area contributed by atoms with Crippen LogP contribution in [-0.4, -0.2) is 23.3 Å². The number of hydrogen-bond acceptors (Lipinski definition) is 4. The molecule has 4 rings (SSSR count). The molecular formula is C20H16F3N3O3. The summed E-state index contributed by atoms with van der Waals surface area (Å²) in [5.74, 6) is -0.951. The highest BCUT2D eigenvalue weighted by Gasteiger charge is 2.37. The normalized spacial score (nSPS) is 17.2. The van der Waals surface area contributed by atoms with Crippen LogP contribution in [0.1, 0.15) is 17.9 Å². The Balaban J connectivity index is 1.49.